The van der Waals surface area contributed by atoms with Crippen molar-refractivity contribution in [3.05, 3.63) is 32.9 Å². The second kappa shape index (κ2) is 5.35. The van der Waals surface area contributed by atoms with Gasteiger partial charge in [-0.3, -0.25) is 4.79 Å². The number of carbonyl (C=O) groups excluding carboxylic acids is 1. The van der Waals surface area contributed by atoms with Gasteiger partial charge in [0.15, 0.2) is 0 Å². The Morgan fingerprint density at radius 3 is 2.88 bits per heavy atom. The second-order valence-corrected chi connectivity index (χ2v) is 5.73. The minimum Gasteiger partial charge on any atom is -0.348 e. The first-order chi connectivity index (χ1) is 8.13. The third-order valence-corrected chi connectivity index (χ3v) is 4.44. The van der Waals surface area contributed by atoms with Crippen LogP contribution in [0.15, 0.2) is 18.2 Å². The molecule has 0 heterocycles. The second-order valence-electron chi connectivity index (χ2n) is 4.57. The molecule has 17 heavy (non-hydrogen) atoms. The minimum atomic E-state index is 0.00312. The number of nitrogens with one attached hydrogen (secondary N) is 1. The molecule has 1 aliphatic rings. The van der Waals surface area contributed by atoms with Gasteiger partial charge in [-0.15, -0.1) is 0 Å². The van der Waals surface area contributed by atoms with Gasteiger partial charge in [0.25, 0.3) is 5.91 Å². The molecule has 0 saturated heterocycles. The predicted octanol–water partition coefficient (Wildman–Crippen LogP) is 2.07. The van der Waals surface area contributed by atoms with Crippen molar-refractivity contribution in [2.24, 2.45) is 11.7 Å². The number of amides is 1. The molecule has 4 heteroatoms. The van der Waals surface area contributed by atoms with Gasteiger partial charge in [-0.25, -0.2) is 0 Å². The van der Waals surface area contributed by atoms with Gasteiger partial charge >= 0.3 is 0 Å². The fourth-order valence-electron chi connectivity index (χ4n) is 1.97. The van der Waals surface area contributed by atoms with Gasteiger partial charge in [-0.2, -0.15) is 0 Å². The molecule has 1 aliphatic carbocycles. The van der Waals surface area contributed by atoms with Gasteiger partial charge in [0, 0.05) is 21.7 Å². The Balaban J connectivity index is 2.11. The van der Waals surface area contributed by atoms with Crippen molar-refractivity contribution in [3.63, 3.8) is 0 Å². The van der Waals surface area contributed by atoms with Crippen LogP contribution in [0.2, 0.25) is 0 Å². The molecule has 0 spiro atoms. The Morgan fingerprint density at radius 2 is 2.29 bits per heavy atom. The van der Waals surface area contributed by atoms with Crippen molar-refractivity contribution >= 4 is 28.5 Å². The maximum absolute atomic E-state index is 12.1. The Morgan fingerprint density at radius 1 is 1.59 bits per heavy atom. The van der Waals surface area contributed by atoms with Crippen LogP contribution >= 0.6 is 22.6 Å². The van der Waals surface area contributed by atoms with E-state index in [1.165, 1.54) is 12.8 Å². The number of benzene rings is 1. The molecule has 3 N–H and O–H groups in total. The summed E-state index contributed by atoms with van der Waals surface area (Å²) in [7, 11) is 0. The van der Waals surface area contributed by atoms with Crippen molar-refractivity contribution in [1.82, 2.24) is 5.32 Å². The van der Waals surface area contributed by atoms with Crippen LogP contribution in [0.1, 0.15) is 28.8 Å². The fourth-order valence-corrected chi connectivity index (χ4v) is 2.47. The summed E-state index contributed by atoms with van der Waals surface area (Å²) in [6.07, 6.45) is 2.38. The summed E-state index contributed by atoms with van der Waals surface area (Å²) in [6.45, 7) is 2.50. The minimum absolute atomic E-state index is 0.00312. The van der Waals surface area contributed by atoms with Crippen molar-refractivity contribution in [2.75, 3.05) is 6.54 Å². The van der Waals surface area contributed by atoms with Crippen molar-refractivity contribution in [3.8, 4) is 0 Å². The van der Waals surface area contributed by atoms with E-state index in [9.17, 15) is 4.79 Å². The van der Waals surface area contributed by atoms with E-state index in [-0.39, 0.29) is 11.9 Å². The Bertz CT molecular complexity index is 429. The van der Waals surface area contributed by atoms with Crippen LogP contribution in [-0.2, 0) is 0 Å². The molecule has 1 saturated carbocycles. The summed E-state index contributed by atoms with van der Waals surface area (Å²) >= 11 is 2.25. The van der Waals surface area contributed by atoms with Crippen LogP contribution in [0, 0.1) is 16.4 Å². The molecule has 1 fully saturated rings. The van der Waals surface area contributed by atoms with Crippen molar-refractivity contribution in [2.45, 2.75) is 25.8 Å². The maximum atomic E-state index is 12.1. The number of rotatable bonds is 4. The summed E-state index contributed by atoms with van der Waals surface area (Å²) in [4.78, 5) is 12.1. The molecular weight excluding hydrogens is 327 g/mol. The summed E-state index contributed by atoms with van der Waals surface area (Å²) in [5, 5.41) is 3.05. The summed E-state index contributed by atoms with van der Waals surface area (Å²) in [5.74, 6) is 0.593. The predicted molar refractivity (Wildman–Crippen MR) is 76.9 cm³/mol. The van der Waals surface area contributed by atoms with E-state index in [0.717, 1.165) is 14.7 Å². The topological polar surface area (TPSA) is 55.1 Å². The first-order valence-corrected chi connectivity index (χ1v) is 6.97. The highest BCUT2D eigenvalue weighted by Gasteiger charge is 2.31. The van der Waals surface area contributed by atoms with E-state index < -0.39 is 0 Å². The highest BCUT2D eigenvalue weighted by molar-refractivity contribution is 14.1. The molecule has 0 aliphatic heterocycles. The molecule has 0 bridgehead atoms. The normalized spacial score (nSPS) is 16.6. The number of carbonyl (C=O) groups is 1. The zero-order chi connectivity index (χ0) is 12.4. The molecule has 2 rings (SSSR count). The van der Waals surface area contributed by atoms with E-state index in [1.807, 2.05) is 25.1 Å². The monoisotopic (exact) mass is 344 g/mol. The highest BCUT2D eigenvalue weighted by Crippen LogP contribution is 2.32. The van der Waals surface area contributed by atoms with Crippen LogP contribution in [0.5, 0.6) is 0 Å². The van der Waals surface area contributed by atoms with Gasteiger partial charge < -0.3 is 11.1 Å². The standard InChI is InChI=1S/C13H17IN2O/c1-8-10(3-2-4-11(8)14)13(17)16-12(7-15)9-5-6-9/h2-4,9,12H,5-7,15H2,1H3,(H,16,17). The van der Waals surface area contributed by atoms with Gasteiger partial charge in [0.1, 0.15) is 0 Å². The van der Waals surface area contributed by atoms with Crippen molar-refractivity contribution in [1.29, 1.82) is 0 Å². The molecule has 0 aromatic heterocycles. The molecule has 0 radical (unpaired) electrons. The van der Waals surface area contributed by atoms with E-state index in [4.69, 9.17) is 5.73 Å². The number of hydrogen-bond donors (Lipinski definition) is 2. The summed E-state index contributed by atoms with van der Waals surface area (Å²) in [6, 6.07) is 5.93. The summed E-state index contributed by atoms with van der Waals surface area (Å²) < 4.78 is 1.12. The number of hydrogen-bond acceptors (Lipinski definition) is 2. The lowest BCUT2D eigenvalue weighted by Crippen LogP contribution is -2.42. The van der Waals surface area contributed by atoms with Crippen LogP contribution in [-0.4, -0.2) is 18.5 Å². The van der Waals surface area contributed by atoms with E-state index in [2.05, 4.69) is 27.9 Å². The van der Waals surface area contributed by atoms with Crippen molar-refractivity contribution < 1.29 is 4.79 Å². The molecule has 1 amide bonds. The van der Waals surface area contributed by atoms with Gasteiger partial charge in [0.2, 0.25) is 0 Å². The third kappa shape index (κ3) is 2.98. The van der Waals surface area contributed by atoms with Crippen LogP contribution in [0.4, 0.5) is 0 Å². The third-order valence-electron chi connectivity index (χ3n) is 3.27. The Labute approximate surface area is 115 Å². The van der Waals surface area contributed by atoms with Gasteiger partial charge in [-0.1, -0.05) is 6.07 Å². The smallest absolute Gasteiger partial charge is 0.251 e. The van der Waals surface area contributed by atoms with Gasteiger partial charge in [0.05, 0.1) is 0 Å². The molecular formula is C13H17IN2O. The fraction of sp³-hybridized carbons (Fsp3) is 0.462. The average Bonchev–Trinajstić information content (AvgIpc) is 3.13. The highest BCUT2D eigenvalue weighted by atomic mass is 127. The lowest BCUT2D eigenvalue weighted by molar-refractivity contribution is 0.0933. The average molecular weight is 344 g/mol. The zero-order valence-electron chi connectivity index (χ0n) is 9.87. The van der Waals surface area contributed by atoms with E-state index >= 15 is 0 Å². The van der Waals surface area contributed by atoms with Crippen LogP contribution < -0.4 is 11.1 Å². The largest absolute Gasteiger partial charge is 0.348 e. The Kier molecular flexibility index (Phi) is 4.04. The lowest BCUT2D eigenvalue weighted by atomic mass is 10.1. The number of nitrogens with two attached hydrogens (primary N) is 1. The van der Waals surface area contributed by atoms with E-state index in [0.29, 0.717) is 12.5 Å². The van der Waals surface area contributed by atoms with Gasteiger partial charge in [-0.05, 0) is 66.0 Å². The van der Waals surface area contributed by atoms with Crippen LogP contribution in [0.25, 0.3) is 0 Å². The zero-order valence-corrected chi connectivity index (χ0v) is 12.0. The van der Waals surface area contributed by atoms with Crippen LogP contribution in [0.3, 0.4) is 0 Å². The molecule has 1 unspecified atom stereocenters. The SMILES string of the molecule is Cc1c(I)cccc1C(=O)NC(CN)C1CC1. The molecule has 92 valence electrons. The molecule has 1 aromatic carbocycles. The quantitative estimate of drug-likeness (QED) is 0.822. The summed E-state index contributed by atoms with van der Waals surface area (Å²) in [5.41, 5.74) is 7.49. The van der Waals surface area contributed by atoms with E-state index in [1.54, 1.807) is 0 Å². The first kappa shape index (κ1) is 12.8. The molecule has 1 atom stereocenters. The lowest BCUT2D eigenvalue weighted by Gasteiger charge is -2.17. The maximum Gasteiger partial charge on any atom is 0.251 e. The molecule has 1 aromatic rings. The molecule has 3 nitrogen and oxygen atoms in total. The number of halogens is 1. The Hall–Kier alpha value is -0.620. The first-order valence-electron chi connectivity index (χ1n) is 5.89.